The average Bonchev–Trinajstić information content (AvgIpc) is 2.39. The van der Waals surface area contributed by atoms with E-state index in [9.17, 15) is 4.39 Å². The Labute approximate surface area is 105 Å². The quantitative estimate of drug-likeness (QED) is 0.613. The summed E-state index contributed by atoms with van der Waals surface area (Å²) in [7, 11) is 0. The predicted octanol–water partition coefficient (Wildman–Crippen LogP) is 4.35. The highest BCUT2D eigenvalue weighted by Crippen LogP contribution is 2.24. The van der Waals surface area contributed by atoms with E-state index in [0.29, 0.717) is 0 Å². The first-order chi connectivity index (χ1) is 8.74. The Balaban J connectivity index is 2.27. The van der Waals surface area contributed by atoms with Crippen LogP contribution in [0.4, 0.5) is 4.39 Å². The summed E-state index contributed by atoms with van der Waals surface area (Å²) in [6.07, 6.45) is 0. The number of hydrogen-bond acceptors (Lipinski definition) is 1. The van der Waals surface area contributed by atoms with Gasteiger partial charge in [-0.25, -0.2) is 4.39 Å². The third-order valence-electron chi connectivity index (χ3n) is 3.05. The Morgan fingerprint density at radius 1 is 0.944 bits per heavy atom. The van der Waals surface area contributed by atoms with Gasteiger partial charge in [-0.1, -0.05) is 30.3 Å². The van der Waals surface area contributed by atoms with Crippen LogP contribution in [0.15, 0.2) is 54.6 Å². The van der Waals surface area contributed by atoms with Crippen molar-refractivity contribution in [3.8, 4) is 11.3 Å². The molecule has 0 saturated heterocycles. The molecule has 0 bridgehead atoms. The molecular formula is C16H12FN. The van der Waals surface area contributed by atoms with Crippen LogP contribution < -0.4 is 0 Å². The molecule has 0 amide bonds. The van der Waals surface area contributed by atoms with Gasteiger partial charge in [-0.2, -0.15) is 0 Å². The van der Waals surface area contributed by atoms with Crippen LogP contribution in [0.3, 0.4) is 0 Å². The number of aryl methyl sites for hydroxylation is 1. The predicted molar refractivity (Wildman–Crippen MR) is 71.9 cm³/mol. The minimum Gasteiger partial charge on any atom is -0.252 e. The molecule has 0 aliphatic heterocycles. The van der Waals surface area contributed by atoms with E-state index in [-0.39, 0.29) is 5.82 Å². The second-order valence-electron chi connectivity index (χ2n) is 4.32. The van der Waals surface area contributed by atoms with Gasteiger partial charge >= 0.3 is 0 Å². The fourth-order valence-electron chi connectivity index (χ4n) is 2.16. The maximum absolute atomic E-state index is 13.3. The molecule has 3 rings (SSSR count). The van der Waals surface area contributed by atoms with Crippen molar-refractivity contribution in [1.29, 1.82) is 0 Å². The van der Waals surface area contributed by atoms with Gasteiger partial charge in [0, 0.05) is 16.6 Å². The van der Waals surface area contributed by atoms with Crippen LogP contribution in [-0.4, -0.2) is 4.98 Å². The van der Waals surface area contributed by atoms with Crippen molar-refractivity contribution in [2.24, 2.45) is 0 Å². The van der Waals surface area contributed by atoms with E-state index in [1.165, 1.54) is 6.07 Å². The first-order valence-electron chi connectivity index (χ1n) is 5.86. The Morgan fingerprint density at radius 2 is 1.72 bits per heavy atom. The van der Waals surface area contributed by atoms with Gasteiger partial charge in [0.2, 0.25) is 0 Å². The molecule has 2 aromatic carbocycles. The summed E-state index contributed by atoms with van der Waals surface area (Å²) >= 11 is 0. The fourth-order valence-corrected chi connectivity index (χ4v) is 2.16. The van der Waals surface area contributed by atoms with Crippen LogP contribution in [0.2, 0.25) is 0 Å². The average molecular weight is 237 g/mol. The maximum atomic E-state index is 13.3. The zero-order chi connectivity index (χ0) is 12.5. The van der Waals surface area contributed by atoms with E-state index in [1.54, 1.807) is 12.1 Å². The van der Waals surface area contributed by atoms with Gasteiger partial charge in [-0.3, -0.25) is 4.98 Å². The SMILES string of the molecule is Cc1nc(-c2ccccc2)cc2cc(F)ccc12. The summed E-state index contributed by atoms with van der Waals surface area (Å²) in [6, 6.07) is 16.7. The molecule has 0 atom stereocenters. The third kappa shape index (κ3) is 1.86. The summed E-state index contributed by atoms with van der Waals surface area (Å²) in [5, 5.41) is 1.89. The van der Waals surface area contributed by atoms with Gasteiger partial charge in [0.1, 0.15) is 5.82 Å². The first kappa shape index (κ1) is 10.9. The molecular weight excluding hydrogens is 225 g/mol. The lowest BCUT2D eigenvalue weighted by Crippen LogP contribution is -1.90. The highest BCUT2D eigenvalue weighted by molar-refractivity contribution is 5.87. The van der Waals surface area contributed by atoms with Crippen molar-refractivity contribution in [1.82, 2.24) is 4.98 Å². The number of rotatable bonds is 1. The van der Waals surface area contributed by atoms with Crippen molar-refractivity contribution < 1.29 is 4.39 Å². The molecule has 1 nitrogen and oxygen atoms in total. The number of halogens is 1. The molecule has 0 aliphatic carbocycles. The van der Waals surface area contributed by atoms with Gasteiger partial charge in [0.15, 0.2) is 0 Å². The molecule has 0 aliphatic rings. The van der Waals surface area contributed by atoms with Crippen LogP contribution in [0.25, 0.3) is 22.0 Å². The van der Waals surface area contributed by atoms with Gasteiger partial charge in [0.25, 0.3) is 0 Å². The summed E-state index contributed by atoms with van der Waals surface area (Å²) in [6.45, 7) is 1.95. The molecule has 1 aromatic heterocycles. The van der Waals surface area contributed by atoms with Crippen LogP contribution in [0, 0.1) is 12.7 Å². The van der Waals surface area contributed by atoms with E-state index in [0.717, 1.165) is 27.7 Å². The van der Waals surface area contributed by atoms with E-state index < -0.39 is 0 Å². The van der Waals surface area contributed by atoms with E-state index >= 15 is 0 Å². The molecule has 3 aromatic rings. The standard InChI is InChI=1S/C16H12FN/c1-11-15-8-7-14(17)9-13(15)10-16(18-11)12-5-3-2-4-6-12/h2-10H,1H3. The zero-order valence-electron chi connectivity index (χ0n) is 10.0. The molecule has 18 heavy (non-hydrogen) atoms. The number of pyridine rings is 1. The van der Waals surface area contributed by atoms with Crippen LogP contribution in [0.1, 0.15) is 5.69 Å². The van der Waals surface area contributed by atoms with Gasteiger partial charge < -0.3 is 0 Å². The minimum atomic E-state index is -0.216. The summed E-state index contributed by atoms with van der Waals surface area (Å²) < 4.78 is 13.3. The zero-order valence-corrected chi connectivity index (χ0v) is 10.0. The van der Waals surface area contributed by atoms with Crippen molar-refractivity contribution in [2.75, 3.05) is 0 Å². The monoisotopic (exact) mass is 237 g/mol. The molecule has 0 spiro atoms. The molecule has 1 heterocycles. The summed E-state index contributed by atoms with van der Waals surface area (Å²) in [4.78, 5) is 4.58. The smallest absolute Gasteiger partial charge is 0.123 e. The molecule has 0 saturated carbocycles. The van der Waals surface area contributed by atoms with Crippen molar-refractivity contribution >= 4 is 10.8 Å². The highest BCUT2D eigenvalue weighted by Gasteiger charge is 2.05. The normalized spacial score (nSPS) is 10.8. The fraction of sp³-hybridized carbons (Fsp3) is 0.0625. The largest absolute Gasteiger partial charge is 0.252 e. The van der Waals surface area contributed by atoms with E-state index in [4.69, 9.17) is 0 Å². The van der Waals surface area contributed by atoms with E-state index in [2.05, 4.69) is 4.98 Å². The maximum Gasteiger partial charge on any atom is 0.123 e. The second kappa shape index (κ2) is 4.22. The van der Waals surface area contributed by atoms with E-state index in [1.807, 2.05) is 43.3 Å². The minimum absolute atomic E-state index is 0.216. The number of fused-ring (bicyclic) bond motifs is 1. The van der Waals surface area contributed by atoms with Crippen LogP contribution >= 0.6 is 0 Å². The number of nitrogens with zero attached hydrogens (tertiary/aromatic N) is 1. The molecule has 0 unspecified atom stereocenters. The lowest BCUT2D eigenvalue weighted by molar-refractivity contribution is 0.629. The first-order valence-corrected chi connectivity index (χ1v) is 5.86. The highest BCUT2D eigenvalue weighted by atomic mass is 19.1. The topological polar surface area (TPSA) is 12.9 Å². The third-order valence-corrected chi connectivity index (χ3v) is 3.05. The summed E-state index contributed by atoms with van der Waals surface area (Å²) in [5.41, 5.74) is 2.85. The van der Waals surface area contributed by atoms with Crippen LogP contribution in [-0.2, 0) is 0 Å². The summed E-state index contributed by atoms with van der Waals surface area (Å²) in [5.74, 6) is -0.216. The van der Waals surface area contributed by atoms with Crippen molar-refractivity contribution in [2.45, 2.75) is 6.92 Å². The number of hydrogen-bond donors (Lipinski definition) is 0. The van der Waals surface area contributed by atoms with Gasteiger partial charge in [0.05, 0.1) is 5.69 Å². The lowest BCUT2D eigenvalue weighted by Gasteiger charge is -2.06. The number of aromatic nitrogens is 1. The van der Waals surface area contributed by atoms with Crippen molar-refractivity contribution in [3.63, 3.8) is 0 Å². The van der Waals surface area contributed by atoms with Crippen LogP contribution in [0.5, 0.6) is 0 Å². The van der Waals surface area contributed by atoms with Crippen molar-refractivity contribution in [3.05, 3.63) is 66.1 Å². The Kier molecular flexibility index (Phi) is 2.56. The van der Waals surface area contributed by atoms with Gasteiger partial charge in [-0.05, 0) is 36.6 Å². The number of benzene rings is 2. The Hall–Kier alpha value is -2.22. The Morgan fingerprint density at radius 3 is 2.50 bits per heavy atom. The molecule has 0 radical (unpaired) electrons. The second-order valence-corrected chi connectivity index (χ2v) is 4.32. The Bertz CT molecular complexity index is 705. The molecule has 0 N–H and O–H groups in total. The molecule has 88 valence electrons. The lowest BCUT2D eigenvalue weighted by atomic mass is 10.1. The molecule has 2 heteroatoms. The molecule has 0 fully saturated rings. The van der Waals surface area contributed by atoms with Gasteiger partial charge in [-0.15, -0.1) is 0 Å².